The lowest BCUT2D eigenvalue weighted by atomic mass is 9.85. The van der Waals surface area contributed by atoms with Crippen LogP contribution < -0.4 is 5.32 Å². The minimum atomic E-state index is 0.0600. The summed E-state index contributed by atoms with van der Waals surface area (Å²) in [5.74, 6) is 0. The molecule has 3 nitrogen and oxygen atoms in total. The molecule has 1 spiro atoms. The summed E-state index contributed by atoms with van der Waals surface area (Å²) in [6.07, 6.45) is 7.11. The lowest BCUT2D eigenvalue weighted by Gasteiger charge is -2.36. The van der Waals surface area contributed by atoms with E-state index in [0.29, 0.717) is 0 Å². The maximum atomic E-state index is 4.94. The molecule has 1 aliphatic carbocycles. The van der Waals surface area contributed by atoms with Gasteiger partial charge in [0.2, 0.25) is 0 Å². The highest BCUT2D eigenvalue weighted by atomic mass is 15.1. The molecule has 0 radical (unpaired) electrons. The zero-order valence-electron chi connectivity index (χ0n) is 11.8. The molecule has 1 saturated carbocycles. The summed E-state index contributed by atoms with van der Waals surface area (Å²) in [7, 11) is 0. The number of nitrogens with one attached hydrogen (secondary N) is 1. The van der Waals surface area contributed by atoms with E-state index in [1.807, 2.05) is 0 Å². The molecule has 0 atom stereocenters. The van der Waals surface area contributed by atoms with E-state index >= 15 is 0 Å². The van der Waals surface area contributed by atoms with Crippen LogP contribution in [0.1, 0.15) is 31.4 Å². The molecule has 0 saturated heterocycles. The van der Waals surface area contributed by atoms with E-state index in [1.165, 1.54) is 42.6 Å². The highest BCUT2D eigenvalue weighted by Gasteiger charge is 2.43. The Morgan fingerprint density at radius 2 is 1.81 bits per heavy atom. The fourth-order valence-corrected chi connectivity index (χ4v) is 4.10. The van der Waals surface area contributed by atoms with Gasteiger partial charge in [-0.1, -0.05) is 37.1 Å². The third-order valence-corrected chi connectivity index (χ3v) is 5.00. The first-order valence-electron chi connectivity index (χ1n) is 7.73. The Kier molecular flexibility index (Phi) is 2.10. The molecule has 0 unspecified atom stereocenters. The van der Waals surface area contributed by atoms with Crippen LogP contribution in [-0.2, 0) is 5.54 Å². The minimum absolute atomic E-state index is 0.0600. The summed E-state index contributed by atoms with van der Waals surface area (Å²) in [4.78, 5) is 4.94. The Balaban J connectivity index is 1.91. The zero-order valence-corrected chi connectivity index (χ0v) is 11.8. The van der Waals surface area contributed by atoms with Crippen LogP contribution in [0, 0.1) is 0 Å². The zero-order chi connectivity index (χ0) is 13.9. The van der Waals surface area contributed by atoms with Gasteiger partial charge < -0.3 is 9.72 Å². The minimum Gasteiger partial charge on any atom is -0.373 e. The van der Waals surface area contributed by atoms with Crippen LogP contribution in [0.5, 0.6) is 0 Å². The van der Waals surface area contributed by atoms with Gasteiger partial charge in [0.15, 0.2) is 0 Å². The van der Waals surface area contributed by atoms with Crippen molar-refractivity contribution in [1.82, 2.24) is 9.38 Å². The summed E-state index contributed by atoms with van der Waals surface area (Å²) in [6.45, 7) is 0. The third-order valence-electron chi connectivity index (χ3n) is 5.00. The van der Waals surface area contributed by atoms with Gasteiger partial charge in [0.25, 0.3) is 0 Å². The summed E-state index contributed by atoms with van der Waals surface area (Å²) >= 11 is 0. The number of imidazole rings is 1. The second kappa shape index (κ2) is 3.88. The average Bonchev–Trinajstić information content (AvgIpc) is 3.12. The summed E-state index contributed by atoms with van der Waals surface area (Å²) < 4.78 is 2.28. The van der Waals surface area contributed by atoms with Crippen molar-refractivity contribution >= 4 is 11.3 Å². The number of hydrogen-bond donors (Lipinski definition) is 1. The number of nitrogens with zero attached hydrogens (tertiary/aromatic N) is 2. The molecule has 1 aromatic carbocycles. The molecule has 3 heteroatoms. The molecule has 21 heavy (non-hydrogen) atoms. The number of hydrogen-bond acceptors (Lipinski definition) is 2. The molecule has 104 valence electrons. The number of anilines is 1. The lowest BCUT2D eigenvalue weighted by molar-refractivity contribution is 0.486. The highest BCUT2D eigenvalue weighted by Crippen LogP contribution is 2.50. The van der Waals surface area contributed by atoms with Gasteiger partial charge >= 0.3 is 0 Å². The summed E-state index contributed by atoms with van der Waals surface area (Å²) in [5, 5.41) is 3.85. The molecule has 0 amide bonds. The first-order chi connectivity index (χ1) is 10.4. The van der Waals surface area contributed by atoms with Gasteiger partial charge in [0.05, 0.1) is 16.9 Å². The predicted octanol–water partition coefficient (Wildman–Crippen LogP) is 4.20. The topological polar surface area (TPSA) is 29.3 Å². The maximum absolute atomic E-state index is 4.94. The van der Waals surface area contributed by atoms with Gasteiger partial charge in [-0.15, -0.1) is 0 Å². The molecule has 3 heterocycles. The molecule has 2 aromatic heterocycles. The second-order valence-electron chi connectivity index (χ2n) is 6.20. The molecule has 5 rings (SSSR count). The largest absolute Gasteiger partial charge is 0.373 e. The number of fused-ring (bicyclic) bond motifs is 6. The molecule has 3 aromatic rings. The normalized spacial score (nSPS) is 18.5. The number of benzene rings is 1. The van der Waals surface area contributed by atoms with Crippen LogP contribution in [-0.4, -0.2) is 9.38 Å². The van der Waals surface area contributed by atoms with Crippen molar-refractivity contribution in [2.75, 3.05) is 5.32 Å². The lowest BCUT2D eigenvalue weighted by Crippen LogP contribution is -2.36. The van der Waals surface area contributed by atoms with Crippen molar-refractivity contribution in [2.45, 2.75) is 31.2 Å². The van der Waals surface area contributed by atoms with E-state index in [2.05, 4.69) is 58.4 Å². The van der Waals surface area contributed by atoms with Crippen LogP contribution in [0.2, 0.25) is 0 Å². The first kappa shape index (κ1) is 11.4. The molecule has 1 fully saturated rings. The fourth-order valence-electron chi connectivity index (χ4n) is 4.10. The van der Waals surface area contributed by atoms with Gasteiger partial charge in [-0.05, 0) is 31.0 Å². The highest BCUT2D eigenvalue weighted by molar-refractivity contribution is 5.83. The Hall–Kier alpha value is -2.29. The van der Waals surface area contributed by atoms with E-state index in [9.17, 15) is 0 Å². The quantitative estimate of drug-likeness (QED) is 0.666. The molecule has 1 N–H and O–H groups in total. The second-order valence-corrected chi connectivity index (χ2v) is 6.20. The molecule has 1 aliphatic heterocycles. The number of rotatable bonds is 0. The molecular formula is C18H17N3. The number of aromatic nitrogens is 2. The van der Waals surface area contributed by atoms with E-state index in [4.69, 9.17) is 4.98 Å². The van der Waals surface area contributed by atoms with Crippen LogP contribution in [0.3, 0.4) is 0 Å². The summed E-state index contributed by atoms with van der Waals surface area (Å²) in [5.41, 5.74) is 6.09. The fraction of sp³-hybridized carbons (Fsp3) is 0.278. The third kappa shape index (κ3) is 1.41. The van der Waals surface area contributed by atoms with Crippen molar-refractivity contribution < 1.29 is 0 Å². The number of para-hydroxylation sites is 1. The Labute approximate surface area is 123 Å². The van der Waals surface area contributed by atoms with Crippen molar-refractivity contribution in [3.8, 4) is 11.3 Å². The van der Waals surface area contributed by atoms with E-state index in [-0.39, 0.29) is 5.54 Å². The van der Waals surface area contributed by atoms with E-state index < -0.39 is 0 Å². The van der Waals surface area contributed by atoms with Crippen LogP contribution in [0.25, 0.3) is 16.9 Å². The SMILES string of the molecule is c1ccc2c(c1)NC1(CCCC1)c1c-2nc2ccccn12. The monoisotopic (exact) mass is 275 g/mol. The molecular weight excluding hydrogens is 258 g/mol. The van der Waals surface area contributed by atoms with Gasteiger partial charge in [-0.2, -0.15) is 0 Å². The maximum Gasteiger partial charge on any atom is 0.137 e. The predicted molar refractivity (Wildman–Crippen MR) is 84.4 cm³/mol. The van der Waals surface area contributed by atoms with Gasteiger partial charge in [-0.25, -0.2) is 4.98 Å². The van der Waals surface area contributed by atoms with Gasteiger partial charge in [-0.3, -0.25) is 0 Å². The Morgan fingerprint density at radius 1 is 1.00 bits per heavy atom. The van der Waals surface area contributed by atoms with E-state index in [0.717, 1.165) is 11.3 Å². The van der Waals surface area contributed by atoms with Crippen molar-refractivity contribution in [3.63, 3.8) is 0 Å². The van der Waals surface area contributed by atoms with Crippen LogP contribution in [0.4, 0.5) is 5.69 Å². The van der Waals surface area contributed by atoms with Crippen molar-refractivity contribution in [2.24, 2.45) is 0 Å². The van der Waals surface area contributed by atoms with Gasteiger partial charge in [0, 0.05) is 17.4 Å². The first-order valence-corrected chi connectivity index (χ1v) is 7.73. The Morgan fingerprint density at radius 3 is 2.71 bits per heavy atom. The van der Waals surface area contributed by atoms with Crippen LogP contribution in [0.15, 0.2) is 48.7 Å². The van der Waals surface area contributed by atoms with Crippen molar-refractivity contribution in [1.29, 1.82) is 0 Å². The number of pyridine rings is 1. The standard InChI is InChI=1S/C18H17N3/c1-2-8-14-13(7-1)16-17(18(20-14)10-4-5-11-18)21-12-6-3-9-15(21)19-16/h1-3,6-9,12,20H,4-5,10-11H2. The molecule has 2 aliphatic rings. The summed E-state index contributed by atoms with van der Waals surface area (Å²) in [6, 6.07) is 14.8. The van der Waals surface area contributed by atoms with Crippen LogP contribution >= 0.6 is 0 Å². The average molecular weight is 275 g/mol. The van der Waals surface area contributed by atoms with Gasteiger partial charge in [0.1, 0.15) is 5.65 Å². The van der Waals surface area contributed by atoms with Crippen molar-refractivity contribution in [3.05, 3.63) is 54.4 Å². The smallest absolute Gasteiger partial charge is 0.137 e. The molecule has 0 bridgehead atoms. The van der Waals surface area contributed by atoms with E-state index in [1.54, 1.807) is 0 Å². The Bertz CT molecular complexity index is 841.